The Morgan fingerprint density at radius 3 is 2.96 bits per heavy atom. The number of amides is 1. The number of hydrogen-bond donors (Lipinski definition) is 2. The summed E-state index contributed by atoms with van der Waals surface area (Å²) in [4.78, 5) is 27.2. The van der Waals surface area contributed by atoms with Crippen LogP contribution in [-0.4, -0.2) is 40.9 Å². The molecule has 25 heavy (non-hydrogen) atoms. The Bertz CT molecular complexity index is 929. The van der Waals surface area contributed by atoms with Crippen molar-refractivity contribution in [1.29, 1.82) is 0 Å². The van der Waals surface area contributed by atoms with Crippen LogP contribution in [0, 0.1) is 0 Å². The highest BCUT2D eigenvalue weighted by molar-refractivity contribution is 5.92. The van der Waals surface area contributed by atoms with E-state index in [1.54, 1.807) is 7.11 Å². The molecule has 2 aromatic heterocycles. The molecular formula is C18H20N4O3. The fourth-order valence-electron chi connectivity index (χ4n) is 2.65. The summed E-state index contributed by atoms with van der Waals surface area (Å²) in [7, 11) is 1.55. The molecule has 0 saturated heterocycles. The standard InChI is InChI=1S/C18H20N4O3/c1-25-11-10-22-17(23)7-6-16(21-22)18(24)19-9-8-13-12-20-15-5-3-2-4-14(13)15/h2-7,12,20H,8-11H2,1H3,(H,19,24). The smallest absolute Gasteiger partial charge is 0.271 e. The van der Waals surface area contributed by atoms with E-state index >= 15 is 0 Å². The molecule has 2 heterocycles. The third-order valence-corrected chi connectivity index (χ3v) is 3.96. The molecule has 130 valence electrons. The zero-order valence-corrected chi connectivity index (χ0v) is 14.0. The van der Waals surface area contributed by atoms with Crippen molar-refractivity contribution < 1.29 is 9.53 Å². The van der Waals surface area contributed by atoms with Gasteiger partial charge in [0.15, 0.2) is 0 Å². The fourth-order valence-corrected chi connectivity index (χ4v) is 2.65. The van der Waals surface area contributed by atoms with Crippen molar-refractivity contribution in [3.63, 3.8) is 0 Å². The molecule has 0 aliphatic rings. The zero-order chi connectivity index (χ0) is 17.6. The lowest BCUT2D eigenvalue weighted by atomic mass is 10.1. The van der Waals surface area contributed by atoms with Crippen molar-refractivity contribution in [2.75, 3.05) is 20.3 Å². The summed E-state index contributed by atoms with van der Waals surface area (Å²) in [5.41, 5.74) is 2.19. The summed E-state index contributed by atoms with van der Waals surface area (Å²) in [6.07, 6.45) is 2.67. The molecule has 0 radical (unpaired) electrons. The van der Waals surface area contributed by atoms with Crippen molar-refractivity contribution in [2.24, 2.45) is 0 Å². The molecule has 1 amide bonds. The number of hydrogen-bond acceptors (Lipinski definition) is 4. The Hall–Kier alpha value is -2.93. The highest BCUT2D eigenvalue weighted by Gasteiger charge is 2.10. The highest BCUT2D eigenvalue weighted by atomic mass is 16.5. The summed E-state index contributed by atoms with van der Waals surface area (Å²) in [5, 5.41) is 8.08. The van der Waals surface area contributed by atoms with Gasteiger partial charge in [0.05, 0.1) is 13.2 Å². The summed E-state index contributed by atoms with van der Waals surface area (Å²) >= 11 is 0. The van der Waals surface area contributed by atoms with Crippen LogP contribution in [-0.2, 0) is 17.7 Å². The molecule has 0 spiro atoms. The number of methoxy groups -OCH3 is 1. The molecule has 7 nitrogen and oxygen atoms in total. The van der Waals surface area contributed by atoms with E-state index in [-0.39, 0.29) is 17.2 Å². The molecule has 3 aromatic rings. The number of nitrogens with one attached hydrogen (secondary N) is 2. The van der Waals surface area contributed by atoms with Gasteiger partial charge in [0, 0.05) is 36.8 Å². The lowest BCUT2D eigenvalue weighted by Gasteiger charge is -2.07. The monoisotopic (exact) mass is 340 g/mol. The number of rotatable bonds is 7. The lowest BCUT2D eigenvalue weighted by Crippen LogP contribution is -2.31. The molecule has 7 heteroatoms. The second kappa shape index (κ2) is 7.76. The minimum Gasteiger partial charge on any atom is -0.383 e. The zero-order valence-electron chi connectivity index (χ0n) is 14.0. The fraction of sp³-hybridized carbons (Fsp3) is 0.278. The van der Waals surface area contributed by atoms with Crippen molar-refractivity contribution >= 4 is 16.8 Å². The molecule has 2 N–H and O–H groups in total. The molecule has 0 atom stereocenters. The molecule has 1 aromatic carbocycles. The Kier molecular flexibility index (Phi) is 5.25. The van der Waals surface area contributed by atoms with Crippen LogP contribution >= 0.6 is 0 Å². The second-order valence-electron chi connectivity index (χ2n) is 5.64. The number of para-hydroxylation sites is 1. The first-order valence-electron chi connectivity index (χ1n) is 8.09. The van der Waals surface area contributed by atoms with E-state index in [1.807, 2.05) is 24.4 Å². The molecule has 0 unspecified atom stereocenters. The van der Waals surface area contributed by atoms with Gasteiger partial charge in [0.1, 0.15) is 5.69 Å². The number of nitrogens with zero attached hydrogens (tertiary/aromatic N) is 2. The van der Waals surface area contributed by atoms with Crippen LogP contribution in [0.3, 0.4) is 0 Å². The highest BCUT2D eigenvalue weighted by Crippen LogP contribution is 2.17. The predicted octanol–water partition coefficient (Wildman–Crippen LogP) is 1.34. The first-order valence-corrected chi connectivity index (χ1v) is 8.09. The topological polar surface area (TPSA) is 89.0 Å². The summed E-state index contributed by atoms with van der Waals surface area (Å²) in [5.74, 6) is -0.300. The van der Waals surface area contributed by atoms with Crippen LogP contribution < -0.4 is 10.9 Å². The molecule has 0 bridgehead atoms. The van der Waals surface area contributed by atoms with Gasteiger partial charge in [-0.15, -0.1) is 0 Å². The number of carbonyl (C=O) groups excluding carboxylic acids is 1. The number of aromatic nitrogens is 3. The van der Waals surface area contributed by atoms with Gasteiger partial charge in [-0.25, -0.2) is 4.68 Å². The van der Waals surface area contributed by atoms with Gasteiger partial charge in [0.2, 0.25) is 0 Å². The van der Waals surface area contributed by atoms with Crippen molar-refractivity contribution in [1.82, 2.24) is 20.1 Å². The number of ether oxygens (including phenoxy) is 1. The Morgan fingerprint density at radius 1 is 1.28 bits per heavy atom. The van der Waals surface area contributed by atoms with E-state index in [4.69, 9.17) is 4.74 Å². The van der Waals surface area contributed by atoms with Crippen LogP contribution in [0.25, 0.3) is 10.9 Å². The third kappa shape index (κ3) is 3.95. The van der Waals surface area contributed by atoms with Gasteiger partial charge in [-0.2, -0.15) is 5.10 Å². The number of carbonyl (C=O) groups is 1. The first kappa shape index (κ1) is 16.9. The number of H-pyrrole nitrogens is 1. The quantitative estimate of drug-likeness (QED) is 0.679. The second-order valence-corrected chi connectivity index (χ2v) is 5.64. The first-order chi connectivity index (χ1) is 12.2. The molecule has 0 aliphatic carbocycles. The Balaban J connectivity index is 1.62. The van der Waals surface area contributed by atoms with E-state index in [9.17, 15) is 9.59 Å². The molecule has 0 aliphatic heterocycles. The maximum Gasteiger partial charge on any atom is 0.271 e. The van der Waals surface area contributed by atoms with Gasteiger partial charge in [-0.05, 0) is 24.1 Å². The van der Waals surface area contributed by atoms with Crippen LogP contribution in [0.2, 0.25) is 0 Å². The maximum atomic E-state index is 12.2. The van der Waals surface area contributed by atoms with Gasteiger partial charge < -0.3 is 15.0 Å². The van der Waals surface area contributed by atoms with E-state index in [1.165, 1.54) is 16.8 Å². The summed E-state index contributed by atoms with van der Waals surface area (Å²) in [6.45, 7) is 1.16. The minimum absolute atomic E-state index is 0.217. The van der Waals surface area contributed by atoms with Gasteiger partial charge in [-0.1, -0.05) is 18.2 Å². The minimum atomic E-state index is -0.300. The SMILES string of the molecule is COCCn1nc(C(=O)NCCc2c[nH]c3ccccc23)ccc1=O. The van der Waals surface area contributed by atoms with Gasteiger partial charge >= 0.3 is 0 Å². The van der Waals surface area contributed by atoms with Crippen LogP contribution in [0.1, 0.15) is 16.1 Å². The normalized spacial score (nSPS) is 10.9. The van der Waals surface area contributed by atoms with Crippen molar-refractivity contribution in [3.8, 4) is 0 Å². The average Bonchev–Trinajstić information content (AvgIpc) is 3.04. The molecule has 0 saturated carbocycles. The van der Waals surface area contributed by atoms with Crippen molar-refractivity contribution in [3.05, 3.63) is 64.2 Å². The van der Waals surface area contributed by atoms with Crippen LogP contribution in [0.15, 0.2) is 47.4 Å². The van der Waals surface area contributed by atoms with E-state index in [0.717, 1.165) is 16.5 Å². The van der Waals surface area contributed by atoms with Gasteiger partial charge in [0.25, 0.3) is 11.5 Å². The number of fused-ring (bicyclic) bond motifs is 1. The van der Waals surface area contributed by atoms with Gasteiger partial charge in [-0.3, -0.25) is 9.59 Å². The van der Waals surface area contributed by atoms with E-state index < -0.39 is 0 Å². The molecular weight excluding hydrogens is 320 g/mol. The Labute approximate surface area is 144 Å². The summed E-state index contributed by atoms with van der Waals surface area (Å²) in [6, 6.07) is 10.8. The van der Waals surface area contributed by atoms with E-state index in [2.05, 4.69) is 21.5 Å². The Morgan fingerprint density at radius 2 is 2.12 bits per heavy atom. The van der Waals surface area contributed by atoms with Crippen LogP contribution in [0.5, 0.6) is 0 Å². The predicted molar refractivity (Wildman–Crippen MR) is 94.7 cm³/mol. The van der Waals surface area contributed by atoms with E-state index in [0.29, 0.717) is 26.1 Å². The average molecular weight is 340 g/mol. The summed E-state index contributed by atoms with van der Waals surface area (Å²) < 4.78 is 6.17. The third-order valence-electron chi connectivity index (χ3n) is 3.96. The lowest BCUT2D eigenvalue weighted by molar-refractivity contribution is 0.0945. The maximum absolute atomic E-state index is 12.2. The van der Waals surface area contributed by atoms with Crippen LogP contribution in [0.4, 0.5) is 0 Å². The molecule has 3 rings (SSSR count). The van der Waals surface area contributed by atoms with Crippen molar-refractivity contribution in [2.45, 2.75) is 13.0 Å². The number of benzene rings is 1. The molecule has 0 fully saturated rings. The largest absolute Gasteiger partial charge is 0.383 e. The number of aromatic amines is 1.